The first kappa shape index (κ1) is 21.4. The minimum atomic E-state index is -0.555. The lowest BCUT2D eigenvalue weighted by Crippen LogP contribution is -2.44. The Hall–Kier alpha value is -3.88. The van der Waals surface area contributed by atoms with Crippen LogP contribution < -0.4 is 4.90 Å². The highest BCUT2D eigenvalue weighted by atomic mass is 16.6. The van der Waals surface area contributed by atoms with Crippen molar-refractivity contribution in [1.82, 2.24) is 0 Å². The molecule has 9 heteroatoms. The molecule has 2 aromatic rings. The van der Waals surface area contributed by atoms with E-state index in [1.54, 1.807) is 18.2 Å². The van der Waals surface area contributed by atoms with E-state index in [-0.39, 0.29) is 41.6 Å². The van der Waals surface area contributed by atoms with Crippen LogP contribution in [0.4, 0.5) is 17.1 Å². The fraction of sp³-hybridized carbons (Fsp3) is 0.304. The van der Waals surface area contributed by atoms with Crippen LogP contribution in [0.3, 0.4) is 0 Å². The molecule has 1 atom stereocenters. The molecule has 4 rings (SSSR count). The summed E-state index contributed by atoms with van der Waals surface area (Å²) >= 11 is 0. The molecule has 164 valence electrons. The highest BCUT2D eigenvalue weighted by molar-refractivity contribution is 6.08. The number of benzene rings is 2. The van der Waals surface area contributed by atoms with E-state index in [1.807, 2.05) is 13.8 Å². The summed E-state index contributed by atoms with van der Waals surface area (Å²) in [4.78, 5) is 49.5. The van der Waals surface area contributed by atoms with Gasteiger partial charge in [-0.1, -0.05) is 38.1 Å². The van der Waals surface area contributed by atoms with Crippen molar-refractivity contribution < 1.29 is 19.4 Å². The van der Waals surface area contributed by atoms with Crippen LogP contribution >= 0.6 is 0 Å². The second kappa shape index (κ2) is 7.67. The highest BCUT2D eigenvalue weighted by Crippen LogP contribution is 2.49. The van der Waals surface area contributed by atoms with Gasteiger partial charge in [0.15, 0.2) is 5.78 Å². The van der Waals surface area contributed by atoms with Crippen LogP contribution in [0.1, 0.15) is 44.6 Å². The molecule has 0 radical (unpaired) electrons. The molecule has 0 aromatic heterocycles. The second-order valence-electron chi connectivity index (χ2n) is 8.88. The number of Topliss-reactive ketones (excluding diaryl/α,β-unsaturated/α-hetero) is 1. The Morgan fingerprint density at radius 1 is 0.938 bits per heavy atom. The van der Waals surface area contributed by atoms with Gasteiger partial charge in [-0.25, -0.2) is 0 Å². The molecule has 9 nitrogen and oxygen atoms in total. The Balaban J connectivity index is 1.90. The molecular weight excluding hydrogens is 414 g/mol. The summed E-state index contributed by atoms with van der Waals surface area (Å²) < 4.78 is 0. The summed E-state index contributed by atoms with van der Waals surface area (Å²) in [6.45, 7) is 3.85. The zero-order chi connectivity index (χ0) is 23.2. The van der Waals surface area contributed by atoms with Crippen LogP contribution in [-0.2, 0) is 9.59 Å². The van der Waals surface area contributed by atoms with Crippen LogP contribution in [0.5, 0.6) is 0 Å². The molecular formula is C23H21N3O6. The first-order valence-electron chi connectivity index (χ1n) is 10.2. The smallest absolute Gasteiger partial charge is 0.293 e. The van der Waals surface area contributed by atoms with E-state index in [4.69, 9.17) is 0 Å². The van der Waals surface area contributed by atoms with E-state index in [1.165, 1.54) is 35.2 Å². The number of ketones is 1. The summed E-state index contributed by atoms with van der Waals surface area (Å²) in [6, 6.07) is 11.8. The zero-order valence-electron chi connectivity index (χ0n) is 17.6. The van der Waals surface area contributed by atoms with Crippen LogP contribution in [0, 0.1) is 25.6 Å². The Bertz CT molecular complexity index is 1180. The first-order valence-corrected chi connectivity index (χ1v) is 10.2. The van der Waals surface area contributed by atoms with E-state index < -0.39 is 21.2 Å². The number of para-hydroxylation sites is 2. The molecule has 1 aliphatic heterocycles. The normalized spacial score (nSPS) is 20.2. The molecule has 1 heterocycles. The number of nitro benzene ring substituents is 2. The molecule has 2 aromatic carbocycles. The second-order valence-corrected chi connectivity index (χ2v) is 8.88. The van der Waals surface area contributed by atoms with Gasteiger partial charge in [0.05, 0.1) is 9.85 Å². The molecule has 32 heavy (non-hydrogen) atoms. The third-order valence-electron chi connectivity index (χ3n) is 5.97. The van der Waals surface area contributed by atoms with E-state index in [0.717, 1.165) is 0 Å². The predicted molar refractivity (Wildman–Crippen MR) is 116 cm³/mol. The van der Waals surface area contributed by atoms with Crippen molar-refractivity contribution >= 4 is 28.8 Å². The maximum Gasteiger partial charge on any atom is 0.293 e. The number of nitro groups is 2. The van der Waals surface area contributed by atoms with Crippen molar-refractivity contribution in [2.24, 2.45) is 5.41 Å². The Kier molecular flexibility index (Phi) is 5.12. The summed E-state index contributed by atoms with van der Waals surface area (Å²) in [7, 11) is 0. The minimum absolute atomic E-state index is 0.0607. The van der Waals surface area contributed by atoms with Crippen LogP contribution in [0.15, 0.2) is 59.8 Å². The summed E-state index contributed by atoms with van der Waals surface area (Å²) in [5, 5.41) is 22.6. The standard InChI is InChI=1S/C23H21N3O6/c1-23(2)12-19-22(20(27)13-23)16(14-7-9-15(10-8-14)25(29)30)11-21(28)24(19)17-5-3-4-6-18(17)26(31)32/h3-10,16H,11-13H2,1-2H3. The fourth-order valence-corrected chi connectivity index (χ4v) is 4.62. The number of nitrogens with zero attached hydrogens (tertiary/aromatic N) is 3. The monoisotopic (exact) mass is 435 g/mol. The summed E-state index contributed by atoms with van der Waals surface area (Å²) in [5.74, 6) is -1.02. The van der Waals surface area contributed by atoms with Crippen molar-refractivity contribution in [3.63, 3.8) is 0 Å². The van der Waals surface area contributed by atoms with E-state index in [2.05, 4.69) is 0 Å². The van der Waals surface area contributed by atoms with Gasteiger partial charge in [-0.2, -0.15) is 0 Å². The molecule has 1 amide bonds. The van der Waals surface area contributed by atoms with Gasteiger partial charge in [0.2, 0.25) is 5.91 Å². The first-order chi connectivity index (χ1) is 15.1. The molecule has 0 spiro atoms. The molecule has 1 unspecified atom stereocenters. The molecule has 0 bridgehead atoms. The number of rotatable bonds is 4. The van der Waals surface area contributed by atoms with Crippen molar-refractivity contribution in [3.8, 4) is 0 Å². The van der Waals surface area contributed by atoms with Crippen molar-refractivity contribution in [3.05, 3.63) is 85.6 Å². The Labute approximate surface area is 183 Å². The van der Waals surface area contributed by atoms with Gasteiger partial charge in [-0.05, 0) is 23.5 Å². The highest BCUT2D eigenvalue weighted by Gasteiger charge is 2.45. The number of hydrogen-bond donors (Lipinski definition) is 0. The van der Waals surface area contributed by atoms with Crippen molar-refractivity contribution in [2.75, 3.05) is 4.90 Å². The lowest BCUT2D eigenvalue weighted by molar-refractivity contribution is -0.384. The zero-order valence-corrected chi connectivity index (χ0v) is 17.6. The number of amides is 1. The van der Waals surface area contributed by atoms with E-state index in [9.17, 15) is 29.8 Å². The molecule has 0 N–H and O–H groups in total. The van der Waals surface area contributed by atoms with Gasteiger partial charge >= 0.3 is 0 Å². The molecule has 1 aliphatic carbocycles. The quantitative estimate of drug-likeness (QED) is 0.508. The van der Waals surface area contributed by atoms with Crippen molar-refractivity contribution in [1.29, 1.82) is 0 Å². The molecule has 0 saturated heterocycles. The fourth-order valence-electron chi connectivity index (χ4n) is 4.62. The number of anilines is 1. The average Bonchev–Trinajstić information content (AvgIpc) is 2.72. The number of carbonyl (C=O) groups excluding carboxylic acids is 2. The minimum Gasteiger partial charge on any atom is -0.294 e. The summed E-state index contributed by atoms with van der Waals surface area (Å²) in [5.41, 5.74) is 0.987. The lowest BCUT2D eigenvalue weighted by Gasteiger charge is -2.42. The largest absolute Gasteiger partial charge is 0.294 e. The van der Waals surface area contributed by atoms with Gasteiger partial charge in [0.1, 0.15) is 5.69 Å². The molecule has 2 aliphatic rings. The van der Waals surface area contributed by atoms with Gasteiger partial charge in [-0.15, -0.1) is 0 Å². The van der Waals surface area contributed by atoms with Gasteiger partial charge < -0.3 is 0 Å². The average molecular weight is 435 g/mol. The number of allylic oxidation sites excluding steroid dienone is 2. The van der Waals surface area contributed by atoms with Crippen LogP contribution in [-0.4, -0.2) is 21.5 Å². The van der Waals surface area contributed by atoms with E-state index in [0.29, 0.717) is 23.3 Å². The van der Waals surface area contributed by atoms with Gasteiger partial charge in [0, 0.05) is 48.2 Å². The number of non-ortho nitro benzene ring substituents is 1. The van der Waals surface area contributed by atoms with Gasteiger partial charge in [0.25, 0.3) is 11.4 Å². The van der Waals surface area contributed by atoms with Crippen molar-refractivity contribution in [2.45, 2.75) is 39.0 Å². The number of carbonyl (C=O) groups is 2. The van der Waals surface area contributed by atoms with Crippen LogP contribution in [0.25, 0.3) is 0 Å². The Morgan fingerprint density at radius 3 is 2.22 bits per heavy atom. The third-order valence-corrected chi connectivity index (χ3v) is 5.97. The van der Waals surface area contributed by atoms with Crippen LogP contribution in [0.2, 0.25) is 0 Å². The molecule has 0 fully saturated rings. The topological polar surface area (TPSA) is 124 Å². The SMILES string of the molecule is CC1(C)CC(=O)C2=C(C1)N(c1ccccc1[N+](=O)[O-])C(=O)CC2c1ccc([N+](=O)[O-])cc1. The van der Waals surface area contributed by atoms with E-state index >= 15 is 0 Å². The number of hydrogen-bond acceptors (Lipinski definition) is 6. The maximum absolute atomic E-state index is 13.4. The predicted octanol–water partition coefficient (Wildman–Crippen LogP) is 4.67. The molecule has 0 saturated carbocycles. The summed E-state index contributed by atoms with van der Waals surface area (Å²) in [6.07, 6.45) is 0.623. The Morgan fingerprint density at radius 2 is 1.59 bits per heavy atom. The van der Waals surface area contributed by atoms with Gasteiger partial charge in [-0.3, -0.25) is 34.7 Å². The third kappa shape index (κ3) is 3.66. The lowest BCUT2D eigenvalue weighted by atomic mass is 9.69. The maximum atomic E-state index is 13.4.